The van der Waals surface area contributed by atoms with Crippen LogP contribution in [0.3, 0.4) is 0 Å². The van der Waals surface area contributed by atoms with Gasteiger partial charge in [0.15, 0.2) is 5.78 Å². The van der Waals surface area contributed by atoms with Gasteiger partial charge in [-0.05, 0) is 42.5 Å². The highest BCUT2D eigenvalue weighted by atomic mass is 16.5. The van der Waals surface area contributed by atoms with Crippen molar-refractivity contribution in [2.24, 2.45) is 5.41 Å². The van der Waals surface area contributed by atoms with Gasteiger partial charge in [0.1, 0.15) is 5.75 Å². The number of hydrogen-bond donors (Lipinski definition) is 0. The van der Waals surface area contributed by atoms with Crippen LogP contribution < -0.4 is 4.74 Å². The van der Waals surface area contributed by atoms with Crippen LogP contribution in [0.1, 0.15) is 36.5 Å². The molecule has 1 atom stereocenters. The second kappa shape index (κ2) is 5.53. The number of ketones is 1. The van der Waals surface area contributed by atoms with Crippen molar-refractivity contribution in [3.63, 3.8) is 0 Å². The van der Waals surface area contributed by atoms with E-state index in [0.29, 0.717) is 13.0 Å². The van der Waals surface area contributed by atoms with Crippen molar-refractivity contribution in [2.75, 3.05) is 20.3 Å². The molecule has 0 aromatic heterocycles. The first-order chi connectivity index (χ1) is 8.63. The van der Waals surface area contributed by atoms with Crippen LogP contribution in [0.15, 0.2) is 24.3 Å². The molecule has 1 aromatic rings. The zero-order valence-corrected chi connectivity index (χ0v) is 11.1. The summed E-state index contributed by atoms with van der Waals surface area (Å²) < 4.78 is 10.6. The van der Waals surface area contributed by atoms with Crippen molar-refractivity contribution in [1.29, 1.82) is 0 Å². The molecule has 0 amide bonds. The molecule has 3 nitrogen and oxygen atoms in total. The first-order valence-electron chi connectivity index (χ1n) is 6.38. The van der Waals surface area contributed by atoms with Gasteiger partial charge >= 0.3 is 0 Å². The Balaban J connectivity index is 2.02. The van der Waals surface area contributed by atoms with E-state index in [9.17, 15) is 4.79 Å². The smallest absolute Gasteiger partial charge is 0.163 e. The van der Waals surface area contributed by atoms with E-state index < -0.39 is 0 Å². The standard InChI is InChI=1S/C15H20O3/c1-15(8-3-9-18-11-15)10-14(16)12-4-6-13(17-2)7-5-12/h4-7H,3,8-11H2,1-2H3. The first-order valence-corrected chi connectivity index (χ1v) is 6.38. The number of hydrogen-bond acceptors (Lipinski definition) is 3. The molecule has 1 unspecified atom stereocenters. The molecule has 98 valence electrons. The molecule has 1 heterocycles. The van der Waals surface area contributed by atoms with E-state index >= 15 is 0 Å². The zero-order chi connectivity index (χ0) is 13.0. The van der Waals surface area contributed by atoms with Crippen LogP contribution >= 0.6 is 0 Å². The van der Waals surface area contributed by atoms with Gasteiger partial charge in [-0.3, -0.25) is 4.79 Å². The van der Waals surface area contributed by atoms with E-state index in [1.807, 2.05) is 24.3 Å². The van der Waals surface area contributed by atoms with Gasteiger partial charge in [0.05, 0.1) is 13.7 Å². The molecule has 0 radical (unpaired) electrons. The molecule has 0 aliphatic carbocycles. The molecule has 1 saturated heterocycles. The number of benzene rings is 1. The predicted molar refractivity (Wildman–Crippen MR) is 70.1 cm³/mol. The van der Waals surface area contributed by atoms with Gasteiger partial charge in [0, 0.05) is 18.6 Å². The molecule has 0 N–H and O–H groups in total. The SMILES string of the molecule is COc1ccc(C(=O)CC2(C)CCCOC2)cc1. The summed E-state index contributed by atoms with van der Waals surface area (Å²) in [6.45, 7) is 3.65. The molecule has 1 aromatic carbocycles. The van der Waals surface area contributed by atoms with E-state index in [1.54, 1.807) is 7.11 Å². The molecule has 0 spiro atoms. The highest BCUT2D eigenvalue weighted by Gasteiger charge is 2.30. The zero-order valence-electron chi connectivity index (χ0n) is 11.1. The van der Waals surface area contributed by atoms with Gasteiger partial charge in [-0.1, -0.05) is 6.92 Å². The minimum absolute atomic E-state index is 0.00470. The van der Waals surface area contributed by atoms with Crippen LogP contribution in [0.4, 0.5) is 0 Å². The molecule has 2 rings (SSSR count). The molecule has 3 heteroatoms. The second-order valence-corrected chi connectivity index (χ2v) is 5.30. The molecule has 1 aliphatic rings. The fourth-order valence-corrected chi connectivity index (χ4v) is 2.40. The highest BCUT2D eigenvalue weighted by molar-refractivity contribution is 5.96. The number of Topliss-reactive ketones (excluding diaryl/α,β-unsaturated/α-hetero) is 1. The number of rotatable bonds is 4. The highest BCUT2D eigenvalue weighted by Crippen LogP contribution is 2.32. The Morgan fingerprint density at radius 3 is 2.67 bits per heavy atom. The second-order valence-electron chi connectivity index (χ2n) is 5.30. The molecule has 0 bridgehead atoms. The minimum atomic E-state index is -0.00470. The third-order valence-electron chi connectivity index (χ3n) is 3.52. The molecule has 1 fully saturated rings. The number of carbonyl (C=O) groups is 1. The van der Waals surface area contributed by atoms with Crippen LogP contribution in [0, 0.1) is 5.41 Å². The summed E-state index contributed by atoms with van der Waals surface area (Å²) in [4.78, 5) is 12.2. The van der Waals surface area contributed by atoms with Crippen LogP contribution in [0.25, 0.3) is 0 Å². The van der Waals surface area contributed by atoms with Crippen molar-refractivity contribution in [2.45, 2.75) is 26.2 Å². The Labute approximate surface area is 108 Å². The van der Waals surface area contributed by atoms with Crippen LogP contribution in [0.2, 0.25) is 0 Å². The Hall–Kier alpha value is -1.35. The lowest BCUT2D eigenvalue weighted by molar-refractivity contribution is 0.000178. The summed E-state index contributed by atoms with van der Waals surface area (Å²) in [5.74, 6) is 0.962. The number of ether oxygens (including phenoxy) is 2. The van der Waals surface area contributed by atoms with Crippen LogP contribution in [0.5, 0.6) is 5.75 Å². The van der Waals surface area contributed by atoms with Crippen molar-refractivity contribution in [1.82, 2.24) is 0 Å². The maximum absolute atomic E-state index is 12.2. The lowest BCUT2D eigenvalue weighted by atomic mass is 9.79. The lowest BCUT2D eigenvalue weighted by Gasteiger charge is -2.32. The van der Waals surface area contributed by atoms with Crippen LogP contribution in [-0.4, -0.2) is 26.1 Å². The largest absolute Gasteiger partial charge is 0.497 e. The average Bonchev–Trinajstić information content (AvgIpc) is 2.39. The summed E-state index contributed by atoms with van der Waals surface area (Å²) in [7, 11) is 1.62. The van der Waals surface area contributed by atoms with E-state index in [2.05, 4.69) is 6.92 Å². The summed E-state index contributed by atoms with van der Waals surface area (Å²) in [6.07, 6.45) is 2.67. The minimum Gasteiger partial charge on any atom is -0.497 e. The summed E-state index contributed by atoms with van der Waals surface area (Å²) in [5, 5.41) is 0. The third-order valence-corrected chi connectivity index (χ3v) is 3.52. The Morgan fingerprint density at radius 2 is 2.11 bits per heavy atom. The lowest BCUT2D eigenvalue weighted by Crippen LogP contribution is -2.31. The van der Waals surface area contributed by atoms with Crippen molar-refractivity contribution in [3.8, 4) is 5.75 Å². The first kappa shape index (κ1) is 13.1. The predicted octanol–water partition coefficient (Wildman–Crippen LogP) is 3.08. The van der Waals surface area contributed by atoms with Crippen molar-refractivity contribution >= 4 is 5.78 Å². The van der Waals surface area contributed by atoms with Gasteiger partial charge in [-0.25, -0.2) is 0 Å². The Morgan fingerprint density at radius 1 is 1.39 bits per heavy atom. The summed E-state index contributed by atoms with van der Waals surface area (Å²) >= 11 is 0. The van der Waals surface area contributed by atoms with Gasteiger partial charge in [0.2, 0.25) is 0 Å². The Kier molecular flexibility index (Phi) is 4.02. The van der Waals surface area contributed by atoms with Gasteiger partial charge in [0.25, 0.3) is 0 Å². The molecule has 0 saturated carbocycles. The maximum Gasteiger partial charge on any atom is 0.163 e. The summed E-state index contributed by atoms with van der Waals surface area (Å²) in [6, 6.07) is 7.31. The monoisotopic (exact) mass is 248 g/mol. The van der Waals surface area contributed by atoms with E-state index in [4.69, 9.17) is 9.47 Å². The van der Waals surface area contributed by atoms with E-state index in [-0.39, 0.29) is 11.2 Å². The van der Waals surface area contributed by atoms with Crippen LogP contribution in [-0.2, 0) is 4.74 Å². The topological polar surface area (TPSA) is 35.5 Å². The van der Waals surface area contributed by atoms with Gasteiger partial charge < -0.3 is 9.47 Å². The fraction of sp³-hybridized carbons (Fsp3) is 0.533. The molecular weight excluding hydrogens is 228 g/mol. The fourth-order valence-electron chi connectivity index (χ4n) is 2.40. The van der Waals surface area contributed by atoms with Crippen molar-refractivity contribution in [3.05, 3.63) is 29.8 Å². The summed E-state index contributed by atoms with van der Waals surface area (Å²) in [5.41, 5.74) is 0.748. The number of methoxy groups -OCH3 is 1. The average molecular weight is 248 g/mol. The number of carbonyl (C=O) groups excluding carboxylic acids is 1. The van der Waals surface area contributed by atoms with Crippen molar-refractivity contribution < 1.29 is 14.3 Å². The maximum atomic E-state index is 12.2. The van der Waals surface area contributed by atoms with Gasteiger partial charge in [-0.2, -0.15) is 0 Å². The quantitative estimate of drug-likeness (QED) is 0.768. The molecule has 1 aliphatic heterocycles. The van der Waals surface area contributed by atoms with E-state index in [0.717, 1.165) is 30.8 Å². The molecular formula is C15H20O3. The normalized spacial score (nSPS) is 23.7. The Bertz CT molecular complexity index is 402. The van der Waals surface area contributed by atoms with Gasteiger partial charge in [-0.15, -0.1) is 0 Å². The van der Waals surface area contributed by atoms with E-state index in [1.165, 1.54) is 0 Å². The molecule has 18 heavy (non-hydrogen) atoms. The third kappa shape index (κ3) is 3.10.